The number of rotatable bonds is 5. The molecule has 0 saturated carbocycles. The van der Waals surface area contributed by atoms with E-state index in [9.17, 15) is 4.79 Å². The first-order valence-electron chi connectivity index (χ1n) is 8.08. The molecule has 1 aliphatic heterocycles. The van der Waals surface area contributed by atoms with Crippen molar-refractivity contribution in [1.29, 1.82) is 0 Å². The van der Waals surface area contributed by atoms with Gasteiger partial charge in [0.05, 0.1) is 20.8 Å². The molecule has 3 rings (SSSR count). The summed E-state index contributed by atoms with van der Waals surface area (Å²) in [5.74, 6) is 1.59. The van der Waals surface area contributed by atoms with Crippen molar-refractivity contribution in [3.63, 3.8) is 0 Å². The van der Waals surface area contributed by atoms with Crippen LogP contribution in [0.4, 0.5) is 0 Å². The molecule has 0 aliphatic carbocycles. The molecule has 0 fully saturated rings. The molecule has 1 heterocycles. The molecular weight excluding hydrogens is 416 g/mol. The zero-order valence-corrected chi connectivity index (χ0v) is 17.0. The summed E-state index contributed by atoms with van der Waals surface area (Å²) in [5, 5.41) is 0.728. The number of halogens is 1. The van der Waals surface area contributed by atoms with Crippen molar-refractivity contribution in [2.45, 2.75) is 5.75 Å². The zero-order valence-electron chi connectivity index (χ0n) is 14.6. The highest BCUT2D eigenvalue weighted by Crippen LogP contribution is 2.31. The van der Waals surface area contributed by atoms with Gasteiger partial charge in [-0.1, -0.05) is 45.9 Å². The lowest BCUT2D eigenvalue weighted by Crippen LogP contribution is -2.33. The van der Waals surface area contributed by atoms with Crippen LogP contribution in [-0.2, 0) is 5.75 Å². The molecule has 5 nitrogen and oxygen atoms in total. The van der Waals surface area contributed by atoms with Gasteiger partial charge in [-0.05, 0) is 29.8 Å². The predicted molar refractivity (Wildman–Crippen MR) is 108 cm³/mol. The van der Waals surface area contributed by atoms with Crippen molar-refractivity contribution >= 4 is 38.8 Å². The first-order chi connectivity index (χ1) is 12.6. The molecule has 0 atom stereocenters. The highest BCUT2D eigenvalue weighted by Gasteiger charge is 2.29. The van der Waals surface area contributed by atoms with Crippen molar-refractivity contribution in [3.05, 3.63) is 58.1 Å². The number of ether oxygens (including phenoxy) is 2. The molecule has 2 aromatic carbocycles. The van der Waals surface area contributed by atoms with Crippen LogP contribution < -0.4 is 9.47 Å². The molecule has 26 heavy (non-hydrogen) atoms. The van der Waals surface area contributed by atoms with Gasteiger partial charge >= 0.3 is 0 Å². The lowest BCUT2D eigenvalue weighted by molar-refractivity contribution is 0.0854. The highest BCUT2D eigenvalue weighted by atomic mass is 79.9. The van der Waals surface area contributed by atoms with E-state index in [0.29, 0.717) is 30.2 Å². The fourth-order valence-corrected chi connectivity index (χ4v) is 3.93. The first kappa shape index (κ1) is 18.8. The summed E-state index contributed by atoms with van der Waals surface area (Å²) in [6, 6.07) is 13.5. The molecule has 0 unspecified atom stereocenters. The Hall–Kier alpha value is -1.99. The Morgan fingerprint density at radius 2 is 1.81 bits per heavy atom. The average molecular weight is 435 g/mol. The van der Waals surface area contributed by atoms with Crippen LogP contribution in [0.3, 0.4) is 0 Å². The van der Waals surface area contributed by atoms with Crippen LogP contribution in [0.5, 0.6) is 11.5 Å². The summed E-state index contributed by atoms with van der Waals surface area (Å²) in [4.78, 5) is 19.3. The largest absolute Gasteiger partial charge is 0.496 e. The summed E-state index contributed by atoms with van der Waals surface area (Å²) in [5.41, 5.74) is 1.60. The Kier molecular flexibility index (Phi) is 6.21. The molecule has 0 radical (unpaired) electrons. The van der Waals surface area contributed by atoms with E-state index >= 15 is 0 Å². The second-order valence-corrected chi connectivity index (χ2v) is 7.43. The number of benzene rings is 2. The minimum Gasteiger partial charge on any atom is -0.496 e. The average Bonchev–Trinajstić information content (AvgIpc) is 3.15. The third kappa shape index (κ3) is 4.04. The van der Waals surface area contributed by atoms with E-state index in [1.165, 1.54) is 5.56 Å². The van der Waals surface area contributed by atoms with Gasteiger partial charge in [0, 0.05) is 16.8 Å². The maximum absolute atomic E-state index is 13.1. The number of thioether (sulfide) groups is 1. The van der Waals surface area contributed by atoms with E-state index in [1.807, 2.05) is 12.1 Å². The van der Waals surface area contributed by atoms with Crippen LogP contribution in [0, 0.1) is 0 Å². The Labute approximate surface area is 165 Å². The Morgan fingerprint density at radius 3 is 2.42 bits per heavy atom. The molecule has 1 amide bonds. The zero-order chi connectivity index (χ0) is 18.5. The molecule has 2 aromatic rings. The molecule has 0 bridgehead atoms. The molecular formula is C19H19BrN2O3S. The van der Waals surface area contributed by atoms with Crippen LogP contribution in [0.1, 0.15) is 15.9 Å². The normalized spacial score (nSPS) is 13.5. The van der Waals surface area contributed by atoms with E-state index in [2.05, 4.69) is 33.1 Å². The maximum atomic E-state index is 13.1. The van der Waals surface area contributed by atoms with E-state index in [4.69, 9.17) is 9.47 Å². The van der Waals surface area contributed by atoms with E-state index in [-0.39, 0.29) is 5.91 Å². The van der Waals surface area contributed by atoms with Gasteiger partial charge in [0.1, 0.15) is 17.1 Å². The number of nitrogens with zero attached hydrogens (tertiary/aromatic N) is 2. The molecule has 136 valence electrons. The van der Waals surface area contributed by atoms with Crippen LogP contribution >= 0.6 is 27.7 Å². The molecule has 0 saturated heterocycles. The Bertz CT molecular complexity index is 802. The predicted octanol–water partition coefficient (Wildman–Crippen LogP) is 4.21. The number of hydrogen-bond acceptors (Lipinski definition) is 5. The van der Waals surface area contributed by atoms with E-state index in [1.54, 1.807) is 49.1 Å². The second-order valence-electron chi connectivity index (χ2n) is 5.57. The van der Waals surface area contributed by atoms with E-state index < -0.39 is 0 Å². The van der Waals surface area contributed by atoms with Crippen LogP contribution in [0.15, 0.2) is 51.9 Å². The number of carbonyl (C=O) groups excluding carboxylic acids is 1. The van der Waals surface area contributed by atoms with Crippen molar-refractivity contribution in [3.8, 4) is 11.5 Å². The highest BCUT2D eigenvalue weighted by molar-refractivity contribution is 9.10. The third-order valence-corrected chi connectivity index (χ3v) is 5.58. The van der Waals surface area contributed by atoms with Crippen molar-refractivity contribution < 1.29 is 14.3 Å². The van der Waals surface area contributed by atoms with Crippen molar-refractivity contribution in [1.82, 2.24) is 4.90 Å². The number of aliphatic imine (C=N–C) groups is 1. The maximum Gasteiger partial charge on any atom is 0.267 e. The summed E-state index contributed by atoms with van der Waals surface area (Å²) >= 11 is 5.00. The summed E-state index contributed by atoms with van der Waals surface area (Å²) in [6.07, 6.45) is 0. The molecule has 7 heteroatoms. The van der Waals surface area contributed by atoms with Gasteiger partial charge in [0.25, 0.3) is 5.91 Å². The smallest absolute Gasteiger partial charge is 0.267 e. The standard InChI is InChI=1S/C19H19BrN2O3S/c1-24-15-4-3-5-16(25-2)17(15)18(23)22-11-10-21-19(22)26-12-13-6-8-14(20)9-7-13/h3-9H,10-12H2,1-2H3. The minimum absolute atomic E-state index is 0.154. The summed E-state index contributed by atoms with van der Waals surface area (Å²) in [7, 11) is 3.10. The third-order valence-electron chi connectivity index (χ3n) is 3.97. The van der Waals surface area contributed by atoms with Crippen LogP contribution in [0.2, 0.25) is 0 Å². The van der Waals surface area contributed by atoms with Crippen molar-refractivity contribution in [2.75, 3.05) is 27.3 Å². The molecule has 0 spiro atoms. The fraction of sp³-hybridized carbons (Fsp3) is 0.263. The van der Waals surface area contributed by atoms with Gasteiger partial charge in [0.2, 0.25) is 0 Å². The lowest BCUT2D eigenvalue weighted by atomic mass is 10.1. The SMILES string of the molecule is COc1cccc(OC)c1C(=O)N1CCN=C1SCc1ccc(Br)cc1. The topological polar surface area (TPSA) is 51.1 Å². The fourth-order valence-electron chi connectivity index (χ4n) is 2.66. The summed E-state index contributed by atoms with van der Waals surface area (Å²) < 4.78 is 11.8. The van der Waals surface area contributed by atoms with E-state index in [0.717, 1.165) is 15.4 Å². The molecule has 1 aliphatic rings. The lowest BCUT2D eigenvalue weighted by Gasteiger charge is -2.20. The monoisotopic (exact) mass is 434 g/mol. The van der Waals surface area contributed by atoms with Crippen LogP contribution in [-0.4, -0.2) is 43.3 Å². The van der Waals surface area contributed by atoms with Gasteiger partial charge in [-0.3, -0.25) is 14.7 Å². The van der Waals surface area contributed by atoms with Gasteiger partial charge in [-0.25, -0.2) is 0 Å². The number of carbonyl (C=O) groups is 1. The first-order valence-corrected chi connectivity index (χ1v) is 9.86. The number of hydrogen-bond donors (Lipinski definition) is 0. The number of amidine groups is 1. The van der Waals surface area contributed by atoms with Gasteiger partial charge in [-0.2, -0.15) is 0 Å². The van der Waals surface area contributed by atoms with Gasteiger partial charge in [-0.15, -0.1) is 0 Å². The van der Waals surface area contributed by atoms with Gasteiger partial charge in [0.15, 0.2) is 5.17 Å². The second kappa shape index (κ2) is 8.60. The quantitative estimate of drug-likeness (QED) is 0.706. The summed E-state index contributed by atoms with van der Waals surface area (Å²) in [6.45, 7) is 1.16. The number of methoxy groups -OCH3 is 2. The molecule has 0 aromatic heterocycles. The van der Waals surface area contributed by atoms with Crippen molar-refractivity contribution in [2.24, 2.45) is 4.99 Å². The minimum atomic E-state index is -0.154. The molecule has 0 N–H and O–H groups in total. The van der Waals surface area contributed by atoms with Gasteiger partial charge < -0.3 is 9.47 Å². The number of amides is 1. The Morgan fingerprint density at radius 1 is 1.15 bits per heavy atom. The van der Waals surface area contributed by atoms with Crippen LogP contribution in [0.25, 0.3) is 0 Å². The Balaban J connectivity index is 1.77.